The van der Waals surface area contributed by atoms with E-state index in [0.29, 0.717) is 19.1 Å². The first kappa shape index (κ1) is 21.4. The van der Waals surface area contributed by atoms with Gasteiger partial charge in [0.1, 0.15) is 6.29 Å². The maximum absolute atomic E-state index is 12.8. The molecular formula is C17H27N5O4. The molecule has 0 aliphatic rings. The Morgan fingerprint density at radius 1 is 1.35 bits per heavy atom. The van der Waals surface area contributed by atoms with Crippen LogP contribution in [0.2, 0.25) is 0 Å². The topological polar surface area (TPSA) is 158 Å². The Bertz CT molecular complexity index is 623. The van der Waals surface area contributed by atoms with E-state index in [-0.39, 0.29) is 30.6 Å². The molecular weight excluding hydrogens is 338 g/mol. The first-order valence-corrected chi connectivity index (χ1v) is 8.45. The van der Waals surface area contributed by atoms with E-state index in [9.17, 15) is 14.4 Å². The van der Waals surface area contributed by atoms with Gasteiger partial charge in [0.2, 0.25) is 5.91 Å². The van der Waals surface area contributed by atoms with Crippen LogP contribution in [0, 0.1) is 5.92 Å². The van der Waals surface area contributed by atoms with Crippen molar-refractivity contribution in [3.8, 4) is 0 Å². The van der Waals surface area contributed by atoms with Gasteiger partial charge in [0, 0.05) is 6.54 Å². The molecule has 0 bridgehead atoms. The summed E-state index contributed by atoms with van der Waals surface area (Å²) < 4.78 is 5.08. The summed E-state index contributed by atoms with van der Waals surface area (Å²) in [5, 5.41) is 0. The molecule has 144 valence electrons. The Labute approximate surface area is 152 Å². The van der Waals surface area contributed by atoms with E-state index in [0.717, 1.165) is 4.90 Å². The van der Waals surface area contributed by atoms with Gasteiger partial charge in [0.05, 0.1) is 18.3 Å². The zero-order chi connectivity index (χ0) is 19.7. The molecule has 0 aliphatic heterocycles. The number of amides is 2. The number of aliphatic imine (C=N–C) groups is 1. The fourth-order valence-corrected chi connectivity index (χ4v) is 2.49. The Morgan fingerprint density at radius 2 is 2.04 bits per heavy atom. The molecule has 0 aliphatic carbocycles. The molecule has 0 saturated carbocycles. The molecule has 0 unspecified atom stereocenters. The fraction of sp³-hybridized carbons (Fsp3) is 0.529. The number of aldehydes is 1. The van der Waals surface area contributed by atoms with Gasteiger partial charge < -0.3 is 26.4 Å². The highest BCUT2D eigenvalue weighted by molar-refractivity contribution is 6.06. The van der Waals surface area contributed by atoms with Crippen molar-refractivity contribution >= 4 is 24.1 Å². The molecule has 0 saturated heterocycles. The summed E-state index contributed by atoms with van der Waals surface area (Å²) >= 11 is 0. The molecule has 6 N–H and O–H groups in total. The van der Waals surface area contributed by atoms with Crippen LogP contribution >= 0.6 is 0 Å². The number of carbonyl (C=O) groups excluding carboxylic acids is 3. The molecule has 0 aromatic carbocycles. The highest BCUT2D eigenvalue weighted by atomic mass is 16.3. The predicted molar refractivity (Wildman–Crippen MR) is 97.1 cm³/mol. The maximum atomic E-state index is 12.8. The largest absolute Gasteiger partial charge is 0.459 e. The lowest BCUT2D eigenvalue weighted by Crippen LogP contribution is -2.52. The lowest BCUT2D eigenvalue weighted by atomic mass is 10.0. The molecule has 0 fully saturated rings. The molecule has 1 aromatic rings. The Hall–Kier alpha value is -2.68. The average Bonchev–Trinajstić information content (AvgIpc) is 3.10. The monoisotopic (exact) mass is 365 g/mol. The first-order valence-electron chi connectivity index (χ1n) is 8.45. The van der Waals surface area contributed by atoms with Crippen LogP contribution in [-0.4, -0.2) is 47.6 Å². The standard InChI is InChI=1S/C17H27N5O4/c1-11(2)9-13(18)15(24)22(16(25)14-6-4-8-26-14)12(10-23)5-3-7-21-17(19)20/h4,6,8,10-13H,3,5,7,9,18H2,1-2H3,(H4,19,20,21)/t12-,13-/m0/s1. The van der Waals surface area contributed by atoms with Gasteiger partial charge in [-0.25, -0.2) is 0 Å². The number of carbonyl (C=O) groups is 3. The second-order valence-electron chi connectivity index (χ2n) is 6.38. The van der Waals surface area contributed by atoms with E-state index in [1.807, 2.05) is 13.8 Å². The minimum Gasteiger partial charge on any atom is -0.459 e. The van der Waals surface area contributed by atoms with Crippen molar-refractivity contribution in [2.45, 2.75) is 45.2 Å². The Kier molecular flexibility index (Phi) is 8.50. The zero-order valence-corrected chi connectivity index (χ0v) is 15.1. The summed E-state index contributed by atoms with van der Waals surface area (Å²) in [7, 11) is 0. The minimum atomic E-state index is -0.979. The van der Waals surface area contributed by atoms with Gasteiger partial charge >= 0.3 is 0 Å². The van der Waals surface area contributed by atoms with E-state index < -0.39 is 23.9 Å². The van der Waals surface area contributed by atoms with Gasteiger partial charge in [-0.1, -0.05) is 13.8 Å². The van der Waals surface area contributed by atoms with Crippen LogP contribution in [-0.2, 0) is 9.59 Å². The third kappa shape index (κ3) is 6.32. The van der Waals surface area contributed by atoms with E-state index in [4.69, 9.17) is 21.6 Å². The number of furan rings is 1. The molecule has 1 heterocycles. The van der Waals surface area contributed by atoms with Crippen LogP contribution in [0.5, 0.6) is 0 Å². The summed E-state index contributed by atoms with van der Waals surface area (Å²) in [5.41, 5.74) is 16.5. The quantitative estimate of drug-likeness (QED) is 0.232. The molecule has 0 spiro atoms. The van der Waals surface area contributed by atoms with Gasteiger partial charge in [-0.3, -0.25) is 19.5 Å². The van der Waals surface area contributed by atoms with Crippen molar-refractivity contribution in [1.29, 1.82) is 0 Å². The normalized spacial score (nSPS) is 13.1. The SMILES string of the molecule is CC(C)C[C@H](N)C(=O)N(C(=O)c1ccco1)[C@H](C=O)CCCN=C(N)N. The van der Waals surface area contributed by atoms with Gasteiger partial charge in [-0.2, -0.15) is 0 Å². The number of hydrogen-bond donors (Lipinski definition) is 3. The molecule has 0 radical (unpaired) electrons. The number of rotatable bonds is 10. The minimum absolute atomic E-state index is 0.0360. The number of nitrogens with two attached hydrogens (primary N) is 3. The molecule has 1 rings (SSSR count). The van der Waals surface area contributed by atoms with Gasteiger partial charge in [-0.15, -0.1) is 0 Å². The second kappa shape index (κ2) is 10.3. The summed E-state index contributed by atoms with van der Waals surface area (Å²) in [5.74, 6) is -1.25. The van der Waals surface area contributed by atoms with Gasteiger partial charge in [-0.05, 0) is 37.3 Å². The van der Waals surface area contributed by atoms with Crippen molar-refractivity contribution in [1.82, 2.24) is 4.90 Å². The molecule has 26 heavy (non-hydrogen) atoms. The molecule has 2 amide bonds. The number of imide groups is 1. The van der Waals surface area contributed by atoms with Crippen molar-refractivity contribution in [3.63, 3.8) is 0 Å². The van der Waals surface area contributed by atoms with Crippen LogP contribution in [0.25, 0.3) is 0 Å². The lowest BCUT2D eigenvalue weighted by molar-refractivity contribution is -0.135. The molecule has 1 aromatic heterocycles. The van der Waals surface area contributed by atoms with Crippen LogP contribution < -0.4 is 17.2 Å². The highest BCUT2D eigenvalue weighted by Gasteiger charge is 2.34. The van der Waals surface area contributed by atoms with E-state index >= 15 is 0 Å². The Morgan fingerprint density at radius 3 is 2.54 bits per heavy atom. The van der Waals surface area contributed by atoms with Crippen LogP contribution in [0.15, 0.2) is 27.8 Å². The lowest BCUT2D eigenvalue weighted by Gasteiger charge is -2.28. The molecule has 9 nitrogen and oxygen atoms in total. The average molecular weight is 365 g/mol. The predicted octanol–water partition coefficient (Wildman–Crippen LogP) is 0.243. The van der Waals surface area contributed by atoms with Gasteiger partial charge in [0.15, 0.2) is 11.7 Å². The maximum Gasteiger partial charge on any atom is 0.296 e. The summed E-state index contributed by atoms with van der Waals surface area (Å²) in [6.07, 6.45) is 2.89. The second-order valence-corrected chi connectivity index (χ2v) is 6.38. The number of nitrogens with zero attached hydrogens (tertiary/aromatic N) is 2. The van der Waals surface area contributed by atoms with Crippen molar-refractivity contribution < 1.29 is 18.8 Å². The highest BCUT2D eigenvalue weighted by Crippen LogP contribution is 2.16. The third-order valence-corrected chi connectivity index (χ3v) is 3.67. The molecule has 2 atom stereocenters. The van der Waals surface area contributed by atoms with Crippen molar-refractivity contribution in [2.24, 2.45) is 28.1 Å². The summed E-state index contributed by atoms with van der Waals surface area (Å²) in [6.45, 7) is 4.11. The fourth-order valence-electron chi connectivity index (χ4n) is 2.49. The van der Waals surface area contributed by atoms with Crippen molar-refractivity contribution in [3.05, 3.63) is 24.2 Å². The number of guanidine groups is 1. The first-order chi connectivity index (χ1) is 12.3. The number of hydrogen-bond acceptors (Lipinski definition) is 6. The van der Waals surface area contributed by atoms with Crippen LogP contribution in [0.4, 0.5) is 0 Å². The molecule has 9 heteroatoms. The Balaban J connectivity index is 3.00. The van der Waals surface area contributed by atoms with Crippen LogP contribution in [0.3, 0.4) is 0 Å². The summed E-state index contributed by atoms with van der Waals surface area (Å²) in [4.78, 5) is 41.8. The third-order valence-electron chi connectivity index (χ3n) is 3.67. The summed E-state index contributed by atoms with van der Waals surface area (Å²) in [6, 6.07) is 1.08. The van der Waals surface area contributed by atoms with Crippen molar-refractivity contribution in [2.75, 3.05) is 6.54 Å². The smallest absolute Gasteiger partial charge is 0.296 e. The van der Waals surface area contributed by atoms with Gasteiger partial charge in [0.25, 0.3) is 5.91 Å². The van der Waals surface area contributed by atoms with E-state index in [1.165, 1.54) is 18.4 Å². The van der Waals surface area contributed by atoms with E-state index in [1.54, 1.807) is 0 Å². The van der Waals surface area contributed by atoms with E-state index in [2.05, 4.69) is 4.99 Å². The zero-order valence-electron chi connectivity index (χ0n) is 15.1. The van der Waals surface area contributed by atoms with Crippen LogP contribution in [0.1, 0.15) is 43.7 Å².